The number of nitrogens with one attached hydrogen (secondary N) is 2. The summed E-state index contributed by atoms with van der Waals surface area (Å²) in [6, 6.07) is 12.5. The van der Waals surface area contributed by atoms with Gasteiger partial charge >= 0.3 is 0 Å². The van der Waals surface area contributed by atoms with Gasteiger partial charge in [0.1, 0.15) is 18.1 Å². The van der Waals surface area contributed by atoms with Crippen LogP contribution in [0.15, 0.2) is 46.9 Å². The molecule has 0 saturated carbocycles. The quantitative estimate of drug-likeness (QED) is 0.376. The lowest BCUT2D eigenvalue weighted by Gasteiger charge is -2.12. The second-order valence-corrected chi connectivity index (χ2v) is 7.38. The Morgan fingerprint density at radius 3 is 2.48 bits per heavy atom. The van der Waals surface area contributed by atoms with Gasteiger partial charge in [0.05, 0.1) is 17.7 Å². The summed E-state index contributed by atoms with van der Waals surface area (Å²) in [7, 11) is 1.61. The van der Waals surface area contributed by atoms with Gasteiger partial charge in [0, 0.05) is 18.4 Å². The Bertz CT molecular complexity index is 815. The molecule has 0 saturated heterocycles. The lowest BCUT2D eigenvalue weighted by atomic mass is 10.2. The predicted octanol–water partition coefficient (Wildman–Crippen LogP) is 4.78. The van der Waals surface area contributed by atoms with Crippen molar-refractivity contribution in [3.05, 3.63) is 52.5 Å². The molecule has 8 heteroatoms. The number of hydrogen-bond donors (Lipinski definition) is 2. The topological polar surface area (TPSA) is 68.8 Å². The molecule has 0 bridgehead atoms. The monoisotopic (exact) mass is 480 g/mol. The van der Waals surface area contributed by atoms with Crippen LogP contribution >= 0.6 is 28.1 Å². The molecular weight excluding hydrogens is 456 g/mol. The molecule has 0 aromatic heterocycles. The lowest BCUT2D eigenvalue weighted by molar-refractivity contribution is 0.0977. The Kier molecular flexibility index (Phi) is 9.90. The van der Waals surface area contributed by atoms with Crippen LogP contribution in [0.1, 0.15) is 30.1 Å². The van der Waals surface area contributed by atoms with E-state index in [2.05, 4.69) is 33.5 Å². The van der Waals surface area contributed by atoms with Crippen LogP contribution in [0.25, 0.3) is 0 Å². The Morgan fingerprint density at radius 2 is 1.83 bits per heavy atom. The third-order valence-electron chi connectivity index (χ3n) is 3.84. The summed E-state index contributed by atoms with van der Waals surface area (Å²) in [5.41, 5.74) is 1.22. The molecular formula is C21H25BrN2O4S. The normalized spacial score (nSPS) is 10.3. The molecule has 0 aliphatic carbocycles. The highest BCUT2D eigenvalue weighted by Crippen LogP contribution is 2.26. The molecule has 2 N–H and O–H groups in total. The summed E-state index contributed by atoms with van der Waals surface area (Å²) in [5, 5.41) is 5.87. The second-order valence-electron chi connectivity index (χ2n) is 6.12. The molecule has 0 aliphatic rings. The van der Waals surface area contributed by atoms with E-state index in [1.165, 1.54) is 0 Å². The number of methoxy groups -OCH3 is 1. The molecule has 2 rings (SSSR count). The van der Waals surface area contributed by atoms with Crippen LogP contribution in [0.4, 0.5) is 5.69 Å². The molecule has 0 radical (unpaired) electrons. The predicted molar refractivity (Wildman–Crippen MR) is 122 cm³/mol. The van der Waals surface area contributed by atoms with Crippen LogP contribution < -0.4 is 20.1 Å². The number of ether oxygens (including phenoxy) is 3. The minimum atomic E-state index is -0.314. The fourth-order valence-electron chi connectivity index (χ4n) is 2.30. The van der Waals surface area contributed by atoms with Gasteiger partial charge in [0.15, 0.2) is 5.11 Å². The Morgan fingerprint density at radius 1 is 1.07 bits per heavy atom. The first-order valence-electron chi connectivity index (χ1n) is 9.30. The number of thiocarbonyl (C=S) groups is 1. The first-order valence-corrected chi connectivity index (χ1v) is 10.5. The summed E-state index contributed by atoms with van der Waals surface area (Å²) in [6.45, 7) is 3.73. The zero-order valence-electron chi connectivity index (χ0n) is 16.5. The number of rotatable bonds is 10. The number of carbonyl (C=O) groups is 1. The van der Waals surface area contributed by atoms with E-state index < -0.39 is 0 Å². The van der Waals surface area contributed by atoms with E-state index in [0.29, 0.717) is 35.6 Å². The number of benzene rings is 2. The van der Waals surface area contributed by atoms with E-state index in [9.17, 15) is 4.79 Å². The largest absolute Gasteiger partial charge is 0.494 e. The first kappa shape index (κ1) is 23.1. The fourth-order valence-corrected chi connectivity index (χ4v) is 3.00. The van der Waals surface area contributed by atoms with E-state index in [1.54, 1.807) is 25.3 Å². The van der Waals surface area contributed by atoms with Gasteiger partial charge in [-0.15, -0.1) is 0 Å². The van der Waals surface area contributed by atoms with Crippen molar-refractivity contribution in [3.63, 3.8) is 0 Å². The number of hydrogen-bond acceptors (Lipinski definition) is 5. The molecule has 0 aliphatic heterocycles. The van der Waals surface area contributed by atoms with E-state index in [1.807, 2.05) is 24.3 Å². The Balaban J connectivity index is 1.86. The lowest BCUT2D eigenvalue weighted by Crippen LogP contribution is -2.34. The van der Waals surface area contributed by atoms with Crippen molar-refractivity contribution in [3.8, 4) is 11.5 Å². The highest BCUT2D eigenvalue weighted by Gasteiger charge is 2.11. The summed E-state index contributed by atoms with van der Waals surface area (Å²) >= 11 is 8.65. The second kappa shape index (κ2) is 12.4. The zero-order valence-corrected chi connectivity index (χ0v) is 18.9. The summed E-state index contributed by atoms with van der Waals surface area (Å²) < 4.78 is 16.8. The molecule has 156 valence electrons. The fraction of sp³-hybridized carbons (Fsp3) is 0.333. The molecule has 2 aromatic carbocycles. The Labute approximate surface area is 185 Å². The van der Waals surface area contributed by atoms with Gasteiger partial charge in [-0.05, 0) is 77.0 Å². The van der Waals surface area contributed by atoms with E-state index in [-0.39, 0.29) is 11.0 Å². The van der Waals surface area contributed by atoms with Crippen LogP contribution in [0.2, 0.25) is 0 Å². The van der Waals surface area contributed by atoms with Gasteiger partial charge in [-0.25, -0.2) is 0 Å². The number of carbonyl (C=O) groups excluding carboxylic acids is 1. The molecule has 29 heavy (non-hydrogen) atoms. The molecule has 0 atom stereocenters. The highest BCUT2D eigenvalue weighted by molar-refractivity contribution is 9.10. The number of amides is 1. The maximum Gasteiger partial charge on any atom is 0.257 e. The SMILES string of the molecule is CCCCOc1ccc(NC(=S)NC(=O)c2ccc(OCCOC)c(Br)c2)cc1. The van der Waals surface area contributed by atoms with Crippen molar-refractivity contribution in [2.24, 2.45) is 0 Å². The summed E-state index contributed by atoms with van der Waals surface area (Å²) in [4.78, 5) is 12.4. The third-order valence-corrected chi connectivity index (χ3v) is 4.67. The van der Waals surface area contributed by atoms with Gasteiger partial charge in [-0.3, -0.25) is 10.1 Å². The van der Waals surface area contributed by atoms with Crippen molar-refractivity contribution in [2.75, 3.05) is 32.2 Å². The number of anilines is 1. The standard InChI is InChI=1S/C21H25BrN2O4S/c1-3-4-11-27-17-8-6-16(7-9-17)23-21(29)24-20(25)15-5-10-19(18(22)14-15)28-13-12-26-2/h5-10,14H,3-4,11-13H2,1-2H3,(H2,23,24,25,29). The van der Waals surface area contributed by atoms with Crippen molar-refractivity contribution in [1.29, 1.82) is 0 Å². The van der Waals surface area contributed by atoms with E-state index >= 15 is 0 Å². The minimum Gasteiger partial charge on any atom is -0.494 e. The van der Waals surface area contributed by atoms with Gasteiger partial charge in [-0.2, -0.15) is 0 Å². The molecule has 1 amide bonds. The maximum absolute atomic E-state index is 12.4. The van der Waals surface area contributed by atoms with Crippen LogP contribution in [-0.4, -0.2) is 38.0 Å². The van der Waals surface area contributed by atoms with Gasteiger partial charge < -0.3 is 19.5 Å². The van der Waals surface area contributed by atoms with Gasteiger partial charge in [0.25, 0.3) is 5.91 Å². The summed E-state index contributed by atoms with van der Waals surface area (Å²) in [5.74, 6) is 1.13. The van der Waals surface area contributed by atoms with Crippen LogP contribution in [0.5, 0.6) is 11.5 Å². The molecule has 2 aromatic rings. The van der Waals surface area contributed by atoms with Gasteiger partial charge in [-0.1, -0.05) is 13.3 Å². The minimum absolute atomic E-state index is 0.214. The molecule has 0 heterocycles. The average molecular weight is 481 g/mol. The molecule has 0 unspecified atom stereocenters. The average Bonchev–Trinajstić information content (AvgIpc) is 2.70. The van der Waals surface area contributed by atoms with Crippen molar-refractivity contribution in [1.82, 2.24) is 5.32 Å². The van der Waals surface area contributed by atoms with Crippen molar-refractivity contribution < 1.29 is 19.0 Å². The maximum atomic E-state index is 12.4. The Hall–Kier alpha value is -2.16. The molecule has 0 fully saturated rings. The van der Waals surface area contributed by atoms with E-state index in [4.69, 9.17) is 26.4 Å². The molecule has 6 nitrogen and oxygen atoms in total. The van der Waals surface area contributed by atoms with E-state index in [0.717, 1.165) is 24.3 Å². The summed E-state index contributed by atoms with van der Waals surface area (Å²) in [6.07, 6.45) is 2.11. The molecule has 0 spiro atoms. The number of unbranched alkanes of at least 4 members (excludes halogenated alkanes) is 1. The van der Waals surface area contributed by atoms with Crippen molar-refractivity contribution in [2.45, 2.75) is 19.8 Å². The first-order chi connectivity index (χ1) is 14.0. The van der Waals surface area contributed by atoms with Crippen LogP contribution in [-0.2, 0) is 4.74 Å². The number of halogens is 1. The van der Waals surface area contributed by atoms with Crippen molar-refractivity contribution >= 4 is 44.9 Å². The van der Waals surface area contributed by atoms with Crippen LogP contribution in [0, 0.1) is 0 Å². The highest BCUT2D eigenvalue weighted by atomic mass is 79.9. The third kappa shape index (κ3) is 8.00. The van der Waals surface area contributed by atoms with Gasteiger partial charge in [0.2, 0.25) is 0 Å². The zero-order chi connectivity index (χ0) is 21.1. The van der Waals surface area contributed by atoms with Crippen LogP contribution in [0.3, 0.4) is 0 Å². The smallest absolute Gasteiger partial charge is 0.257 e.